The van der Waals surface area contributed by atoms with Gasteiger partial charge < -0.3 is 14.7 Å². The van der Waals surface area contributed by atoms with E-state index in [1.165, 1.54) is 0 Å². The van der Waals surface area contributed by atoms with Gasteiger partial charge in [0.15, 0.2) is 0 Å². The van der Waals surface area contributed by atoms with Crippen molar-refractivity contribution in [3.63, 3.8) is 0 Å². The number of likely N-dealkylation sites (N-methyl/N-ethyl adjacent to an activating group) is 1. The van der Waals surface area contributed by atoms with Crippen LogP contribution in [0.15, 0.2) is 61.1 Å². The molecule has 1 aromatic carbocycles. The summed E-state index contributed by atoms with van der Waals surface area (Å²) in [6, 6.07) is 14.7. The molecule has 3 atom stereocenters. The zero-order chi connectivity index (χ0) is 25.7. The van der Waals surface area contributed by atoms with E-state index in [2.05, 4.69) is 27.9 Å². The predicted molar refractivity (Wildman–Crippen MR) is 136 cm³/mol. The second-order valence-corrected chi connectivity index (χ2v) is 9.44. The molecule has 0 saturated carbocycles. The maximum absolute atomic E-state index is 13.6. The highest BCUT2D eigenvalue weighted by atomic mass is 16.5. The molecule has 8 heteroatoms. The SMILES string of the molecule is C[C@@H]1CN([C@H](C)CO)C(=O)c2cc(-c3cccc(C#N)c3)cnc2O[C@H]1CN(C)Cc1ccncc1. The Kier molecular flexibility index (Phi) is 7.93. The van der Waals surface area contributed by atoms with Crippen molar-refractivity contribution in [1.29, 1.82) is 5.26 Å². The third-order valence-corrected chi connectivity index (χ3v) is 6.54. The van der Waals surface area contributed by atoms with Crippen molar-refractivity contribution in [2.45, 2.75) is 32.5 Å². The van der Waals surface area contributed by atoms with E-state index in [1.54, 1.807) is 47.8 Å². The molecule has 0 radical (unpaired) electrons. The Balaban J connectivity index is 1.67. The largest absolute Gasteiger partial charge is 0.472 e. The quantitative estimate of drug-likeness (QED) is 0.547. The number of nitriles is 1. The van der Waals surface area contributed by atoms with Crippen molar-refractivity contribution < 1.29 is 14.6 Å². The Bertz CT molecular complexity index is 1240. The van der Waals surface area contributed by atoms with Crippen LogP contribution in [0.1, 0.15) is 35.3 Å². The monoisotopic (exact) mass is 485 g/mol. The van der Waals surface area contributed by atoms with E-state index in [-0.39, 0.29) is 36.5 Å². The molecule has 0 aliphatic carbocycles. The summed E-state index contributed by atoms with van der Waals surface area (Å²) in [5.41, 5.74) is 3.55. The van der Waals surface area contributed by atoms with E-state index in [0.717, 1.165) is 23.2 Å². The van der Waals surface area contributed by atoms with E-state index in [4.69, 9.17) is 4.74 Å². The molecule has 2 aromatic heterocycles. The summed E-state index contributed by atoms with van der Waals surface area (Å²) in [5, 5.41) is 19.2. The number of rotatable bonds is 7. The number of nitrogens with zero attached hydrogens (tertiary/aromatic N) is 5. The van der Waals surface area contributed by atoms with Gasteiger partial charge in [0.05, 0.1) is 24.3 Å². The van der Waals surface area contributed by atoms with Crippen LogP contribution < -0.4 is 4.74 Å². The number of carbonyl (C=O) groups excluding carboxylic acids is 1. The lowest BCUT2D eigenvalue weighted by molar-refractivity contribution is 0.0325. The molecule has 0 spiro atoms. The van der Waals surface area contributed by atoms with Crippen LogP contribution in [-0.4, -0.2) is 69.7 Å². The van der Waals surface area contributed by atoms with Gasteiger partial charge in [0, 0.05) is 49.7 Å². The first-order chi connectivity index (χ1) is 17.4. The summed E-state index contributed by atoms with van der Waals surface area (Å²) in [6.07, 6.45) is 5.01. The number of carbonyl (C=O) groups is 1. The summed E-state index contributed by atoms with van der Waals surface area (Å²) in [5.74, 6) is 0.0572. The van der Waals surface area contributed by atoms with Crippen LogP contribution in [0.4, 0.5) is 0 Å². The Morgan fingerprint density at radius 1 is 1.25 bits per heavy atom. The molecular weight excluding hydrogens is 454 g/mol. The minimum absolute atomic E-state index is 0.00442. The summed E-state index contributed by atoms with van der Waals surface area (Å²) in [6.45, 7) is 5.57. The Hall–Kier alpha value is -3.80. The van der Waals surface area contributed by atoms with E-state index in [1.807, 2.05) is 32.2 Å². The highest BCUT2D eigenvalue weighted by Crippen LogP contribution is 2.30. The van der Waals surface area contributed by atoms with Crippen LogP contribution in [0.5, 0.6) is 5.88 Å². The third kappa shape index (κ3) is 5.70. The number of aliphatic hydroxyl groups is 1. The molecule has 1 aliphatic heterocycles. The second-order valence-electron chi connectivity index (χ2n) is 9.44. The minimum atomic E-state index is -0.355. The number of hydrogen-bond donors (Lipinski definition) is 1. The molecule has 1 aliphatic rings. The van der Waals surface area contributed by atoms with Crippen molar-refractivity contribution in [2.75, 3.05) is 26.7 Å². The van der Waals surface area contributed by atoms with Gasteiger partial charge in [-0.15, -0.1) is 0 Å². The Morgan fingerprint density at radius 3 is 2.75 bits per heavy atom. The zero-order valence-corrected chi connectivity index (χ0v) is 20.8. The summed E-state index contributed by atoms with van der Waals surface area (Å²) < 4.78 is 6.40. The topological polar surface area (TPSA) is 103 Å². The molecular formula is C28H31N5O3. The maximum Gasteiger partial charge on any atom is 0.259 e. The van der Waals surface area contributed by atoms with Gasteiger partial charge in [-0.2, -0.15) is 5.26 Å². The predicted octanol–water partition coefficient (Wildman–Crippen LogP) is 3.37. The molecule has 0 bridgehead atoms. The fourth-order valence-electron chi connectivity index (χ4n) is 4.42. The van der Waals surface area contributed by atoms with E-state index < -0.39 is 0 Å². The average Bonchev–Trinajstić information content (AvgIpc) is 2.90. The summed E-state index contributed by atoms with van der Waals surface area (Å²) in [4.78, 5) is 26.2. The lowest BCUT2D eigenvalue weighted by Gasteiger charge is -2.37. The van der Waals surface area contributed by atoms with Gasteiger partial charge in [0.2, 0.25) is 5.88 Å². The van der Waals surface area contributed by atoms with Crippen molar-refractivity contribution in [3.05, 3.63) is 77.7 Å². The van der Waals surface area contributed by atoms with Crippen LogP contribution in [0.3, 0.4) is 0 Å². The summed E-state index contributed by atoms with van der Waals surface area (Å²) in [7, 11) is 2.04. The molecule has 0 fully saturated rings. The van der Waals surface area contributed by atoms with Gasteiger partial charge >= 0.3 is 0 Å². The molecule has 0 unspecified atom stereocenters. The third-order valence-electron chi connectivity index (χ3n) is 6.54. The number of fused-ring (bicyclic) bond motifs is 1. The lowest BCUT2D eigenvalue weighted by Crippen LogP contribution is -2.49. The molecule has 1 amide bonds. The zero-order valence-electron chi connectivity index (χ0n) is 20.8. The lowest BCUT2D eigenvalue weighted by atomic mass is 9.98. The molecule has 3 heterocycles. The highest BCUT2D eigenvalue weighted by Gasteiger charge is 2.34. The molecule has 186 valence electrons. The van der Waals surface area contributed by atoms with Gasteiger partial charge in [0.1, 0.15) is 11.7 Å². The first kappa shape index (κ1) is 25.3. The molecule has 4 rings (SSSR count). The molecule has 36 heavy (non-hydrogen) atoms. The van der Waals surface area contributed by atoms with Crippen molar-refractivity contribution in [2.24, 2.45) is 5.92 Å². The van der Waals surface area contributed by atoms with Crippen molar-refractivity contribution in [1.82, 2.24) is 19.8 Å². The summed E-state index contributed by atoms with van der Waals surface area (Å²) >= 11 is 0. The van der Waals surface area contributed by atoms with Crippen LogP contribution in [0, 0.1) is 17.2 Å². The number of hydrogen-bond acceptors (Lipinski definition) is 7. The van der Waals surface area contributed by atoms with Crippen molar-refractivity contribution in [3.8, 4) is 23.1 Å². The van der Waals surface area contributed by atoms with Crippen LogP contribution >= 0.6 is 0 Å². The van der Waals surface area contributed by atoms with Gasteiger partial charge in [-0.3, -0.25) is 14.7 Å². The van der Waals surface area contributed by atoms with Crippen LogP contribution in [0.25, 0.3) is 11.1 Å². The van der Waals surface area contributed by atoms with E-state index >= 15 is 0 Å². The van der Waals surface area contributed by atoms with E-state index in [0.29, 0.717) is 24.2 Å². The fourth-order valence-corrected chi connectivity index (χ4v) is 4.42. The van der Waals surface area contributed by atoms with Crippen molar-refractivity contribution >= 4 is 5.91 Å². The Morgan fingerprint density at radius 2 is 2.03 bits per heavy atom. The van der Waals surface area contributed by atoms with Crippen LogP contribution in [-0.2, 0) is 6.54 Å². The normalized spacial score (nSPS) is 18.6. The van der Waals surface area contributed by atoms with Gasteiger partial charge in [-0.25, -0.2) is 4.98 Å². The fraction of sp³-hybridized carbons (Fsp3) is 0.357. The second kappa shape index (κ2) is 11.3. The van der Waals surface area contributed by atoms with Gasteiger partial charge in [-0.1, -0.05) is 19.1 Å². The Labute approximate surface area is 211 Å². The standard InChI is InChI=1S/C28H31N5O3/c1-19-15-33(20(2)18-34)28(35)25-12-24(23-6-4-5-22(11-23)13-29)14-31-27(25)36-26(19)17-32(3)16-21-7-9-30-10-8-21/h4-12,14,19-20,26,34H,15-18H2,1-3H3/t19-,20-,26+/m1/s1. The molecule has 1 N–H and O–H groups in total. The van der Waals surface area contributed by atoms with E-state index in [9.17, 15) is 15.2 Å². The first-order valence-corrected chi connectivity index (χ1v) is 12.1. The average molecular weight is 486 g/mol. The number of pyridine rings is 2. The van der Waals surface area contributed by atoms with Crippen LogP contribution in [0.2, 0.25) is 0 Å². The highest BCUT2D eigenvalue weighted by molar-refractivity contribution is 5.98. The number of benzene rings is 1. The minimum Gasteiger partial charge on any atom is -0.472 e. The molecule has 8 nitrogen and oxygen atoms in total. The maximum atomic E-state index is 13.6. The number of amides is 1. The number of aliphatic hydroxyl groups excluding tert-OH is 1. The number of aromatic nitrogens is 2. The van der Waals surface area contributed by atoms with Gasteiger partial charge in [0.25, 0.3) is 5.91 Å². The van der Waals surface area contributed by atoms with Gasteiger partial charge in [-0.05, 0) is 55.4 Å². The number of ether oxygens (including phenoxy) is 1. The smallest absolute Gasteiger partial charge is 0.259 e. The molecule has 0 saturated heterocycles. The first-order valence-electron chi connectivity index (χ1n) is 12.1. The molecule has 3 aromatic rings.